The zero-order valence-electron chi connectivity index (χ0n) is 17.7. The molecule has 0 atom stereocenters. The Morgan fingerprint density at radius 1 is 0.412 bits per heavy atom. The lowest BCUT2D eigenvalue weighted by Crippen LogP contribution is -2.01. The van der Waals surface area contributed by atoms with Crippen molar-refractivity contribution in [3.8, 4) is 23.0 Å². The molecule has 4 aromatic carbocycles. The fourth-order valence-electron chi connectivity index (χ4n) is 3.12. The van der Waals surface area contributed by atoms with Crippen LogP contribution in [0.25, 0.3) is 0 Å². The van der Waals surface area contributed by atoms with Crippen LogP contribution in [0.1, 0.15) is 36.6 Å². The van der Waals surface area contributed by atoms with E-state index in [0.29, 0.717) is 34.1 Å². The number of ketones is 1. The Morgan fingerprint density at radius 2 is 0.647 bits per heavy atom. The van der Waals surface area contributed by atoms with Crippen LogP contribution in [0.4, 0.5) is 0 Å². The quantitative estimate of drug-likeness (QED) is 0.319. The smallest absolute Gasteiger partial charge is 0.335 e. The molecule has 7 heteroatoms. The molecule has 0 saturated heterocycles. The monoisotopic (exact) mass is 454 g/mol. The first-order chi connectivity index (χ1) is 16.4. The molecular weight excluding hydrogens is 436 g/mol. The van der Waals surface area contributed by atoms with Gasteiger partial charge >= 0.3 is 11.9 Å². The normalized spacial score (nSPS) is 10.4. The van der Waals surface area contributed by atoms with E-state index in [-0.39, 0.29) is 16.9 Å². The third kappa shape index (κ3) is 5.28. The molecule has 168 valence electrons. The largest absolute Gasteiger partial charge is 0.478 e. The molecule has 0 aliphatic carbocycles. The van der Waals surface area contributed by atoms with Crippen molar-refractivity contribution >= 4 is 17.7 Å². The van der Waals surface area contributed by atoms with Gasteiger partial charge in [0.1, 0.15) is 23.0 Å². The van der Waals surface area contributed by atoms with Gasteiger partial charge in [-0.05, 0) is 97.1 Å². The van der Waals surface area contributed by atoms with Crippen molar-refractivity contribution in [1.82, 2.24) is 0 Å². The first-order valence-corrected chi connectivity index (χ1v) is 10.2. The summed E-state index contributed by atoms with van der Waals surface area (Å²) < 4.78 is 11.4. The van der Waals surface area contributed by atoms with Crippen LogP contribution in [0.2, 0.25) is 0 Å². The highest BCUT2D eigenvalue weighted by molar-refractivity contribution is 6.09. The molecule has 0 aromatic heterocycles. The number of ether oxygens (including phenoxy) is 2. The maximum Gasteiger partial charge on any atom is 0.335 e. The molecule has 0 aliphatic heterocycles. The standard InChI is InChI=1S/C27H18O7/c28-25(17-1-9-21(10-2-17)33-23-13-5-19(6-14-23)26(29)30)18-3-11-22(12-4-18)34-24-15-7-20(8-16-24)27(31)32/h1-16H,(H,29,30)(H,31,32). The lowest BCUT2D eigenvalue weighted by atomic mass is 10.0. The predicted octanol–water partition coefficient (Wildman–Crippen LogP) is 5.90. The molecule has 0 bridgehead atoms. The molecule has 34 heavy (non-hydrogen) atoms. The number of rotatable bonds is 8. The molecule has 0 heterocycles. The lowest BCUT2D eigenvalue weighted by molar-refractivity contribution is 0.0686. The van der Waals surface area contributed by atoms with Crippen molar-refractivity contribution < 1.29 is 34.1 Å². The van der Waals surface area contributed by atoms with E-state index in [9.17, 15) is 14.4 Å². The Morgan fingerprint density at radius 3 is 0.882 bits per heavy atom. The lowest BCUT2D eigenvalue weighted by Gasteiger charge is -2.08. The molecule has 0 fully saturated rings. The number of carboxylic acid groups (broad SMARTS) is 2. The van der Waals surface area contributed by atoms with Gasteiger partial charge in [-0.3, -0.25) is 4.79 Å². The number of aromatic carboxylic acids is 2. The summed E-state index contributed by atoms with van der Waals surface area (Å²) in [6, 6.07) is 25.3. The molecule has 7 nitrogen and oxygen atoms in total. The van der Waals surface area contributed by atoms with Crippen molar-refractivity contribution in [1.29, 1.82) is 0 Å². The molecular formula is C27H18O7. The van der Waals surface area contributed by atoms with Crippen LogP contribution in [0.5, 0.6) is 23.0 Å². The molecule has 0 aliphatic rings. The van der Waals surface area contributed by atoms with Gasteiger partial charge < -0.3 is 19.7 Å². The third-order valence-corrected chi connectivity index (χ3v) is 4.91. The number of hydrogen-bond donors (Lipinski definition) is 2. The summed E-state index contributed by atoms with van der Waals surface area (Å²) in [5, 5.41) is 17.9. The van der Waals surface area contributed by atoms with Crippen LogP contribution >= 0.6 is 0 Å². The number of carbonyl (C=O) groups excluding carboxylic acids is 1. The van der Waals surface area contributed by atoms with Crippen molar-refractivity contribution in [3.05, 3.63) is 119 Å². The van der Waals surface area contributed by atoms with Gasteiger partial charge in [-0.25, -0.2) is 9.59 Å². The Balaban J connectivity index is 1.39. The van der Waals surface area contributed by atoms with Crippen LogP contribution in [0.15, 0.2) is 97.1 Å². The van der Waals surface area contributed by atoms with Crippen molar-refractivity contribution in [2.45, 2.75) is 0 Å². The van der Waals surface area contributed by atoms with E-state index >= 15 is 0 Å². The molecule has 4 aromatic rings. The highest BCUT2D eigenvalue weighted by Gasteiger charge is 2.11. The summed E-state index contributed by atoms with van der Waals surface area (Å²) in [5.41, 5.74) is 1.29. The fourth-order valence-corrected chi connectivity index (χ4v) is 3.12. The van der Waals surface area contributed by atoms with E-state index in [1.807, 2.05) is 0 Å². The van der Waals surface area contributed by atoms with E-state index in [4.69, 9.17) is 19.7 Å². The number of carboxylic acids is 2. The van der Waals surface area contributed by atoms with Gasteiger partial charge in [-0.2, -0.15) is 0 Å². The summed E-state index contributed by atoms with van der Waals surface area (Å²) >= 11 is 0. The first kappa shape index (κ1) is 22.3. The molecule has 0 amide bonds. The summed E-state index contributed by atoms with van der Waals surface area (Å²) in [7, 11) is 0. The highest BCUT2D eigenvalue weighted by Crippen LogP contribution is 2.25. The van der Waals surface area contributed by atoms with Crippen LogP contribution in [0, 0.1) is 0 Å². The van der Waals surface area contributed by atoms with Gasteiger partial charge in [-0.1, -0.05) is 0 Å². The third-order valence-electron chi connectivity index (χ3n) is 4.91. The molecule has 0 saturated carbocycles. The van der Waals surface area contributed by atoms with E-state index < -0.39 is 11.9 Å². The summed E-state index contributed by atoms with van der Waals surface area (Å²) in [6.45, 7) is 0. The molecule has 0 unspecified atom stereocenters. The topological polar surface area (TPSA) is 110 Å². The van der Waals surface area contributed by atoms with Crippen molar-refractivity contribution in [2.24, 2.45) is 0 Å². The molecule has 2 N–H and O–H groups in total. The number of carbonyl (C=O) groups is 3. The minimum absolute atomic E-state index is 0.167. The van der Waals surface area contributed by atoms with Crippen LogP contribution < -0.4 is 9.47 Å². The maximum absolute atomic E-state index is 12.8. The van der Waals surface area contributed by atoms with Crippen molar-refractivity contribution in [3.63, 3.8) is 0 Å². The Bertz CT molecular complexity index is 1220. The second kappa shape index (κ2) is 9.70. The van der Waals surface area contributed by atoms with Crippen molar-refractivity contribution in [2.75, 3.05) is 0 Å². The van der Waals surface area contributed by atoms with E-state index in [0.717, 1.165) is 0 Å². The van der Waals surface area contributed by atoms with Gasteiger partial charge in [0.2, 0.25) is 0 Å². The average Bonchev–Trinajstić information content (AvgIpc) is 2.85. The highest BCUT2D eigenvalue weighted by atomic mass is 16.5. The van der Waals surface area contributed by atoms with Gasteiger partial charge in [0.25, 0.3) is 0 Å². The number of hydrogen-bond acceptors (Lipinski definition) is 5. The second-order valence-electron chi connectivity index (χ2n) is 7.24. The summed E-state index contributed by atoms with van der Waals surface area (Å²) in [5.74, 6) is -0.203. The molecule has 0 radical (unpaired) electrons. The van der Waals surface area contributed by atoms with E-state index in [2.05, 4.69) is 0 Å². The van der Waals surface area contributed by atoms with Gasteiger partial charge in [0, 0.05) is 11.1 Å². The van der Waals surface area contributed by atoms with Crippen LogP contribution in [-0.2, 0) is 0 Å². The van der Waals surface area contributed by atoms with Gasteiger partial charge in [-0.15, -0.1) is 0 Å². The second-order valence-corrected chi connectivity index (χ2v) is 7.24. The molecule has 4 rings (SSSR count). The predicted molar refractivity (Wildman–Crippen MR) is 123 cm³/mol. The summed E-state index contributed by atoms with van der Waals surface area (Å²) in [6.07, 6.45) is 0. The minimum Gasteiger partial charge on any atom is -0.478 e. The van der Waals surface area contributed by atoms with E-state index in [1.165, 1.54) is 24.3 Å². The maximum atomic E-state index is 12.8. The van der Waals surface area contributed by atoms with Crippen LogP contribution in [0.3, 0.4) is 0 Å². The van der Waals surface area contributed by atoms with E-state index in [1.54, 1.807) is 72.8 Å². The zero-order chi connectivity index (χ0) is 24.1. The van der Waals surface area contributed by atoms with Gasteiger partial charge in [0.05, 0.1) is 11.1 Å². The first-order valence-electron chi connectivity index (χ1n) is 10.2. The summed E-state index contributed by atoms with van der Waals surface area (Å²) in [4.78, 5) is 34.6. The van der Waals surface area contributed by atoms with Crippen LogP contribution in [-0.4, -0.2) is 27.9 Å². The zero-order valence-corrected chi connectivity index (χ0v) is 17.7. The average molecular weight is 454 g/mol. The SMILES string of the molecule is O=C(O)c1ccc(Oc2ccc(C(=O)c3ccc(Oc4ccc(C(=O)O)cc4)cc3)cc2)cc1. The Kier molecular flexibility index (Phi) is 6.36. The number of benzene rings is 4. The fraction of sp³-hybridized carbons (Fsp3) is 0. The Hall–Kier alpha value is -4.91. The Labute approximate surface area is 194 Å². The van der Waals surface area contributed by atoms with Gasteiger partial charge in [0.15, 0.2) is 5.78 Å². The minimum atomic E-state index is -1.01. The molecule has 0 spiro atoms.